The van der Waals surface area contributed by atoms with Gasteiger partial charge in [-0.25, -0.2) is 4.79 Å². The summed E-state index contributed by atoms with van der Waals surface area (Å²) in [6.07, 6.45) is 0. The molecule has 0 aliphatic rings. The monoisotopic (exact) mass is 481 g/mol. The Labute approximate surface area is 204 Å². The minimum atomic E-state index is -1.18. The van der Waals surface area contributed by atoms with Gasteiger partial charge in [0, 0.05) is 18.1 Å². The highest BCUT2D eigenvalue weighted by molar-refractivity contribution is 6.31. The summed E-state index contributed by atoms with van der Waals surface area (Å²) in [7, 11) is 1.60. The molecule has 0 aliphatic heterocycles. The third-order valence-electron chi connectivity index (χ3n) is 5.43. The van der Waals surface area contributed by atoms with Crippen molar-refractivity contribution >= 4 is 23.5 Å². The highest BCUT2D eigenvalue weighted by atomic mass is 35.5. The van der Waals surface area contributed by atoms with Gasteiger partial charge in [0.05, 0.1) is 7.11 Å². The van der Waals surface area contributed by atoms with Gasteiger partial charge in [0.2, 0.25) is 0 Å². The van der Waals surface area contributed by atoms with E-state index < -0.39 is 5.97 Å². The lowest BCUT2D eigenvalue weighted by Crippen LogP contribution is -2.34. The van der Waals surface area contributed by atoms with Crippen LogP contribution in [0.4, 0.5) is 0 Å². The van der Waals surface area contributed by atoms with E-state index in [1.807, 2.05) is 36.4 Å². The molecule has 0 radical (unpaired) electrons. The zero-order valence-corrected chi connectivity index (χ0v) is 20.2. The van der Waals surface area contributed by atoms with Gasteiger partial charge in [0.15, 0.2) is 6.61 Å². The zero-order chi connectivity index (χ0) is 24.7. The molecule has 0 aliphatic carbocycles. The predicted octanol–water partition coefficient (Wildman–Crippen LogP) is 5.78. The first kappa shape index (κ1) is 25.1. The van der Waals surface area contributed by atoms with Gasteiger partial charge in [0.25, 0.3) is 5.91 Å². The van der Waals surface area contributed by atoms with E-state index >= 15 is 0 Å². The molecule has 3 aromatic carbocycles. The Kier molecular flexibility index (Phi) is 8.55. The van der Waals surface area contributed by atoms with E-state index in [1.165, 1.54) is 23.8 Å². The molecule has 34 heavy (non-hydrogen) atoms. The lowest BCUT2D eigenvalue weighted by Gasteiger charge is -2.24. The van der Waals surface area contributed by atoms with Crippen LogP contribution in [-0.2, 0) is 17.9 Å². The second kappa shape index (κ2) is 11.6. The maximum absolute atomic E-state index is 13.2. The molecule has 0 aromatic heterocycles. The van der Waals surface area contributed by atoms with Gasteiger partial charge in [-0.3, -0.25) is 4.79 Å². The fraction of sp³-hybridized carbons (Fsp3) is 0.259. The van der Waals surface area contributed by atoms with Crippen molar-refractivity contribution in [2.24, 2.45) is 0 Å². The number of methoxy groups -OCH3 is 1. The van der Waals surface area contributed by atoms with Crippen molar-refractivity contribution in [1.29, 1.82) is 0 Å². The van der Waals surface area contributed by atoms with Crippen molar-refractivity contribution in [1.82, 2.24) is 4.90 Å². The van der Waals surface area contributed by atoms with Gasteiger partial charge < -0.3 is 19.5 Å². The maximum atomic E-state index is 13.2. The number of carbonyl (C=O) groups excluding carboxylic acids is 1. The van der Waals surface area contributed by atoms with Crippen molar-refractivity contribution in [2.45, 2.75) is 32.9 Å². The summed E-state index contributed by atoms with van der Waals surface area (Å²) in [5, 5.41) is 9.69. The molecule has 0 atom stereocenters. The lowest BCUT2D eigenvalue weighted by atomic mass is 10.0. The summed E-state index contributed by atoms with van der Waals surface area (Å²) in [6.45, 7) is 4.72. The van der Waals surface area contributed by atoms with Crippen LogP contribution < -0.4 is 9.47 Å². The molecule has 0 heterocycles. The van der Waals surface area contributed by atoms with Crippen molar-refractivity contribution in [2.75, 3.05) is 13.7 Å². The molecule has 0 saturated heterocycles. The van der Waals surface area contributed by atoms with Crippen LogP contribution in [0.3, 0.4) is 0 Å². The van der Waals surface area contributed by atoms with Gasteiger partial charge in [-0.15, -0.1) is 0 Å². The molecule has 0 bridgehead atoms. The maximum Gasteiger partial charge on any atom is 0.339 e. The Morgan fingerprint density at radius 3 is 2.06 bits per heavy atom. The lowest BCUT2D eigenvalue weighted by molar-refractivity contribution is -0.134. The van der Waals surface area contributed by atoms with E-state index in [1.54, 1.807) is 12.0 Å². The van der Waals surface area contributed by atoms with Gasteiger partial charge >= 0.3 is 5.97 Å². The average Bonchev–Trinajstić information content (AvgIpc) is 2.83. The molecule has 0 fully saturated rings. The van der Waals surface area contributed by atoms with Crippen LogP contribution in [0.1, 0.15) is 46.8 Å². The van der Waals surface area contributed by atoms with Gasteiger partial charge in [-0.2, -0.15) is 0 Å². The number of amides is 1. The molecule has 0 unspecified atom stereocenters. The number of hydrogen-bond acceptors (Lipinski definition) is 4. The van der Waals surface area contributed by atoms with Crippen LogP contribution in [0.15, 0.2) is 66.7 Å². The summed E-state index contributed by atoms with van der Waals surface area (Å²) in [6, 6.07) is 20.0. The summed E-state index contributed by atoms with van der Waals surface area (Å²) < 4.78 is 10.8. The van der Waals surface area contributed by atoms with Crippen LogP contribution in [0.25, 0.3) is 0 Å². The van der Waals surface area contributed by atoms with Crippen LogP contribution in [0.5, 0.6) is 11.5 Å². The summed E-state index contributed by atoms with van der Waals surface area (Å²) in [5.74, 6) is -0.197. The Balaban J connectivity index is 1.78. The first-order chi connectivity index (χ1) is 16.3. The SMILES string of the molecule is COc1ccc(CN(Cc2ccc(C(C)C)cc2)C(=O)COc2ccc(Cl)cc2C(=O)O)cc1. The number of carboxylic acids is 1. The third-order valence-corrected chi connectivity index (χ3v) is 5.66. The molecule has 0 spiro atoms. The smallest absolute Gasteiger partial charge is 0.339 e. The Bertz CT molecular complexity index is 1130. The number of aromatic carboxylic acids is 1. The number of carbonyl (C=O) groups is 2. The minimum Gasteiger partial charge on any atom is -0.497 e. The van der Waals surface area contributed by atoms with Crippen LogP contribution in [0.2, 0.25) is 5.02 Å². The van der Waals surface area contributed by atoms with Crippen molar-refractivity contribution < 1.29 is 24.2 Å². The number of hydrogen-bond donors (Lipinski definition) is 1. The van der Waals surface area contributed by atoms with E-state index in [9.17, 15) is 14.7 Å². The number of nitrogens with zero attached hydrogens (tertiary/aromatic N) is 1. The minimum absolute atomic E-state index is 0.0914. The first-order valence-corrected chi connectivity index (χ1v) is 11.3. The number of rotatable bonds is 10. The van der Waals surface area contributed by atoms with Crippen LogP contribution in [-0.4, -0.2) is 35.6 Å². The Morgan fingerprint density at radius 1 is 0.941 bits per heavy atom. The summed E-state index contributed by atoms with van der Waals surface area (Å²) in [4.78, 5) is 26.4. The van der Waals surface area contributed by atoms with E-state index in [-0.39, 0.29) is 28.8 Å². The summed E-state index contributed by atoms with van der Waals surface area (Å²) in [5.41, 5.74) is 3.06. The molecule has 0 saturated carbocycles. The quantitative estimate of drug-likeness (QED) is 0.397. The molecule has 3 aromatic rings. The average molecular weight is 482 g/mol. The topological polar surface area (TPSA) is 76.1 Å². The number of benzene rings is 3. The van der Waals surface area contributed by atoms with Crippen LogP contribution in [0, 0.1) is 0 Å². The van der Waals surface area contributed by atoms with E-state index in [4.69, 9.17) is 21.1 Å². The molecule has 1 N–H and O–H groups in total. The zero-order valence-electron chi connectivity index (χ0n) is 19.5. The first-order valence-electron chi connectivity index (χ1n) is 10.9. The molecular formula is C27H28ClNO5. The molecule has 7 heteroatoms. The molecule has 6 nitrogen and oxygen atoms in total. The number of halogens is 1. The summed E-state index contributed by atoms with van der Waals surface area (Å²) >= 11 is 5.90. The van der Waals surface area contributed by atoms with E-state index in [2.05, 4.69) is 26.0 Å². The van der Waals surface area contributed by atoms with E-state index in [0.717, 1.165) is 16.9 Å². The van der Waals surface area contributed by atoms with Crippen molar-refractivity contribution in [3.63, 3.8) is 0 Å². The predicted molar refractivity (Wildman–Crippen MR) is 132 cm³/mol. The largest absolute Gasteiger partial charge is 0.497 e. The molecule has 178 valence electrons. The number of carboxylic acid groups (broad SMARTS) is 1. The molecule has 1 amide bonds. The van der Waals surface area contributed by atoms with Gasteiger partial charge in [-0.1, -0.05) is 61.8 Å². The molecular weight excluding hydrogens is 454 g/mol. The Hall–Kier alpha value is -3.51. The van der Waals surface area contributed by atoms with E-state index in [0.29, 0.717) is 19.0 Å². The third kappa shape index (κ3) is 6.75. The normalized spacial score (nSPS) is 10.7. The van der Waals surface area contributed by atoms with Gasteiger partial charge in [0.1, 0.15) is 17.1 Å². The second-order valence-electron chi connectivity index (χ2n) is 8.23. The van der Waals surface area contributed by atoms with Crippen molar-refractivity contribution in [3.05, 3.63) is 94.0 Å². The Morgan fingerprint density at radius 2 is 1.53 bits per heavy atom. The highest BCUT2D eigenvalue weighted by Gasteiger charge is 2.18. The fourth-order valence-electron chi connectivity index (χ4n) is 3.44. The van der Waals surface area contributed by atoms with Crippen molar-refractivity contribution in [3.8, 4) is 11.5 Å². The second-order valence-corrected chi connectivity index (χ2v) is 8.66. The van der Waals surface area contributed by atoms with Gasteiger partial charge in [-0.05, 0) is 52.9 Å². The highest BCUT2D eigenvalue weighted by Crippen LogP contribution is 2.24. The standard InChI is InChI=1S/C27H28ClNO5/c1-18(2)21-8-4-19(5-9-21)15-29(16-20-6-11-23(33-3)12-7-20)26(30)17-34-25-13-10-22(28)14-24(25)27(31)32/h4-14,18H,15-17H2,1-3H3,(H,31,32). The fourth-order valence-corrected chi connectivity index (χ4v) is 3.61. The van der Waals surface area contributed by atoms with Crippen LogP contribution >= 0.6 is 11.6 Å². The number of ether oxygens (including phenoxy) is 2. The molecule has 3 rings (SSSR count).